The standard InChI is InChI=1S/C16H17N3O3S/c17-16(22)19-12-5-3-11(4-6-12)10-18-15(21)8-7-13(20)14-2-1-9-23-14/h1-6,9H,7-8,10H2,(H,18,21)(H3,17,19,22). The van der Waals surface area contributed by atoms with Gasteiger partial charge in [-0.3, -0.25) is 9.59 Å². The van der Waals surface area contributed by atoms with E-state index in [4.69, 9.17) is 5.73 Å². The Kier molecular flexibility index (Phi) is 5.87. The average molecular weight is 331 g/mol. The third-order valence-corrected chi connectivity index (χ3v) is 4.00. The summed E-state index contributed by atoms with van der Waals surface area (Å²) in [7, 11) is 0. The summed E-state index contributed by atoms with van der Waals surface area (Å²) in [5.74, 6) is -0.189. The molecule has 4 N–H and O–H groups in total. The first-order valence-electron chi connectivity index (χ1n) is 7.03. The average Bonchev–Trinajstić information content (AvgIpc) is 3.06. The van der Waals surface area contributed by atoms with Crippen molar-refractivity contribution in [3.05, 3.63) is 52.2 Å². The smallest absolute Gasteiger partial charge is 0.316 e. The zero-order valence-electron chi connectivity index (χ0n) is 12.4. The monoisotopic (exact) mass is 331 g/mol. The number of urea groups is 1. The summed E-state index contributed by atoms with van der Waals surface area (Å²) in [5.41, 5.74) is 6.50. The van der Waals surface area contributed by atoms with E-state index in [9.17, 15) is 14.4 Å². The first-order chi connectivity index (χ1) is 11.0. The minimum Gasteiger partial charge on any atom is -0.352 e. The number of carbonyl (C=O) groups excluding carboxylic acids is 3. The number of amides is 3. The van der Waals surface area contributed by atoms with Crippen LogP contribution >= 0.6 is 11.3 Å². The van der Waals surface area contributed by atoms with Gasteiger partial charge in [-0.25, -0.2) is 4.79 Å². The molecule has 0 unspecified atom stereocenters. The van der Waals surface area contributed by atoms with Crippen molar-refractivity contribution in [1.29, 1.82) is 0 Å². The number of anilines is 1. The SMILES string of the molecule is NC(=O)Nc1ccc(CNC(=O)CCC(=O)c2cccs2)cc1. The Balaban J connectivity index is 1.73. The molecule has 1 heterocycles. The second-order valence-corrected chi connectivity index (χ2v) is 5.81. The number of hydrogen-bond donors (Lipinski definition) is 3. The Labute approximate surface area is 137 Å². The van der Waals surface area contributed by atoms with Crippen molar-refractivity contribution in [2.45, 2.75) is 19.4 Å². The summed E-state index contributed by atoms with van der Waals surface area (Å²) >= 11 is 1.38. The lowest BCUT2D eigenvalue weighted by Crippen LogP contribution is -2.23. The van der Waals surface area contributed by atoms with Crippen LogP contribution in [-0.4, -0.2) is 17.7 Å². The van der Waals surface area contributed by atoms with Gasteiger partial charge in [-0.15, -0.1) is 11.3 Å². The van der Waals surface area contributed by atoms with Crippen LogP contribution in [0.3, 0.4) is 0 Å². The molecular formula is C16H17N3O3S. The largest absolute Gasteiger partial charge is 0.352 e. The minimum atomic E-state index is -0.624. The molecule has 0 radical (unpaired) electrons. The summed E-state index contributed by atoms with van der Waals surface area (Å²) in [6.45, 7) is 0.364. The molecular weight excluding hydrogens is 314 g/mol. The number of nitrogens with one attached hydrogen (secondary N) is 2. The van der Waals surface area contributed by atoms with Crippen LogP contribution < -0.4 is 16.4 Å². The highest BCUT2D eigenvalue weighted by Gasteiger charge is 2.09. The third kappa shape index (κ3) is 5.55. The maximum atomic E-state index is 11.8. The van der Waals surface area contributed by atoms with Crippen molar-refractivity contribution < 1.29 is 14.4 Å². The summed E-state index contributed by atoms with van der Waals surface area (Å²) in [4.78, 5) is 34.9. The molecule has 120 valence electrons. The first kappa shape index (κ1) is 16.7. The molecule has 0 fully saturated rings. The number of benzene rings is 1. The molecule has 7 heteroatoms. The Hall–Kier alpha value is -2.67. The Morgan fingerprint density at radius 1 is 1.04 bits per heavy atom. The van der Waals surface area contributed by atoms with Crippen LogP contribution in [0.15, 0.2) is 41.8 Å². The topological polar surface area (TPSA) is 101 Å². The molecule has 0 saturated carbocycles. The third-order valence-electron chi connectivity index (χ3n) is 3.09. The molecule has 2 aromatic rings. The van der Waals surface area contributed by atoms with Crippen molar-refractivity contribution in [2.75, 3.05) is 5.32 Å². The highest BCUT2D eigenvalue weighted by atomic mass is 32.1. The fraction of sp³-hybridized carbons (Fsp3) is 0.188. The normalized spacial score (nSPS) is 10.1. The molecule has 0 saturated heterocycles. The van der Waals surface area contributed by atoms with Crippen molar-refractivity contribution in [2.24, 2.45) is 5.73 Å². The predicted molar refractivity (Wildman–Crippen MR) is 89.4 cm³/mol. The van der Waals surface area contributed by atoms with Gasteiger partial charge in [0.05, 0.1) is 4.88 Å². The van der Waals surface area contributed by atoms with Crippen molar-refractivity contribution in [1.82, 2.24) is 5.32 Å². The van der Waals surface area contributed by atoms with E-state index in [0.29, 0.717) is 17.1 Å². The van der Waals surface area contributed by atoms with Crippen molar-refractivity contribution in [3.63, 3.8) is 0 Å². The van der Waals surface area contributed by atoms with Gasteiger partial charge in [-0.1, -0.05) is 18.2 Å². The zero-order valence-corrected chi connectivity index (χ0v) is 13.2. The van der Waals surface area contributed by atoms with Gasteiger partial charge in [-0.2, -0.15) is 0 Å². The molecule has 1 aromatic heterocycles. The highest BCUT2D eigenvalue weighted by molar-refractivity contribution is 7.12. The minimum absolute atomic E-state index is 0.0166. The van der Waals surface area contributed by atoms with Gasteiger partial charge in [-0.05, 0) is 29.1 Å². The summed E-state index contributed by atoms with van der Waals surface area (Å²) < 4.78 is 0. The summed E-state index contributed by atoms with van der Waals surface area (Å²) in [5, 5.41) is 7.06. The Morgan fingerprint density at radius 2 is 1.78 bits per heavy atom. The van der Waals surface area contributed by atoms with E-state index in [0.717, 1.165) is 5.56 Å². The van der Waals surface area contributed by atoms with E-state index in [-0.39, 0.29) is 24.5 Å². The summed E-state index contributed by atoms with van der Waals surface area (Å²) in [6, 6.07) is 9.91. The lowest BCUT2D eigenvalue weighted by molar-refractivity contribution is -0.121. The molecule has 23 heavy (non-hydrogen) atoms. The number of thiophene rings is 1. The lowest BCUT2D eigenvalue weighted by Gasteiger charge is -2.06. The fourth-order valence-corrected chi connectivity index (χ4v) is 2.62. The first-order valence-corrected chi connectivity index (χ1v) is 7.91. The maximum absolute atomic E-state index is 11.8. The second kappa shape index (κ2) is 8.09. The van der Waals surface area contributed by atoms with Crippen LogP contribution in [0.2, 0.25) is 0 Å². The van der Waals surface area contributed by atoms with E-state index in [1.807, 2.05) is 11.4 Å². The summed E-state index contributed by atoms with van der Waals surface area (Å²) in [6.07, 6.45) is 0.367. The maximum Gasteiger partial charge on any atom is 0.316 e. The zero-order chi connectivity index (χ0) is 16.7. The molecule has 3 amide bonds. The van der Waals surface area contributed by atoms with E-state index >= 15 is 0 Å². The molecule has 0 aliphatic carbocycles. The van der Waals surface area contributed by atoms with Crippen LogP contribution in [0.4, 0.5) is 10.5 Å². The fourth-order valence-electron chi connectivity index (χ4n) is 1.92. The number of nitrogens with two attached hydrogens (primary N) is 1. The quantitative estimate of drug-likeness (QED) is 0.679. The molecule has 2 rings (SSSR count). The molecule has 0 aliphatic heterocycles. The lowest BCUT2D eigenvalue weighted by atomic mass is 10.1. The number of rotatable bonds is 7. The Morgan fingerprint density at radius 3 is 2.39 bits per heavy atom. The number of hydrogen-bond acceptors (Lipinski definition) is 4. The number of primary amides is 1. The molecule has 0 aliphatic rings. The van der Waals surface area contributed by atoms with Gasteiger partial charge < -0.3 is 16.4 Å². The molecule has 1 aromatic carbocycles. The number of Topliss-reactive ketones (excluding diaryl/α,β-unsaturated/α-hetero) is 1. The predicted octanol–water partition coefficient (Wildman–Crippen LogP) is 2.52. The van der Waals surface area contributed by atoms with Crippen LogP contribution in [0.25, 0.3) is 0 Å². The Bertz CT molecular complexity index is 681. The van der Waals surface area contributed by atoms with Crippen LogP contribution in [-0.2, 0) is 11.3 Å². The molecule has 0 atom stereocenters. The van der Waals surface area contributed by atoms with Gasteiger partial charge in [0, 0.05) is 25.1 Å². The highest BCUT2D eigenvalue weighted by Crippen LogP contribution is 2.12. The van der Waals surface area contributed by atoms with Gasteiger partial charge in [0.15, 0.2) is 5.78 Å². The van der Waals surface area contributed by atoms with E-state index in [1.165, 1.54) is 11.3 Å². The van der Waals surface area contributed by atoms with Crippen molar-refractivity contribution in [3.8, 4) is 0 Å². The van der Waals surface area contributed by atoms with Gasteiger partial charge in [0.1, 0.15) is 0 Å². The molecule has 6 nitrogen and oxygen atoms in total. The molecule has 0 spiro atoms. The molecule has 0 bridgehead atoms. The van der Waals surface area contributed by atoms with E-state index in [1.54, 1.807) is 30.3 Å². The van der Waals surface area contributed by atoms with Crippen LogP contribution in [0.1, 0.15) is 28.1 Å². The van der Waals surface area contributed by atoms with Crippen LogP contribution in [0, 0.1) is 0 Å². The number of carbonyl (C=O) groups is 3. The second-order valence-electron chi connectivity index (χ2n) is 4.86. The van der Waals surface area contributed by atoms with Gasteiger partial charge >= 0.3 is 6.03 Å². The number of ketones is 1. The van der Waals surface area contributed by atoms with Crippen molar-refractivity contribution >= 4 is 34.7 Å². The van der Waals surface area contributed by atoms with E-state index < -0.39 is 6.03 Å². The van der Waals surface area contributed by atoms with Gasteiger partial charge in [0.25, 0.3) is 0 Å². The van der Waals surface area contributed by atoms with E-state index in [2.05, 4.69) is 10.6 Å². The van der Waals surface area contributed by atoms with Crippen LogP contribution in [0.5, 0.6) is 0 Å². The van der Waals surface area contributed by atoms with Gasteiger partial charge in [0.2, 0.25) is 5.91 Å².